The number of hydrogen-bond donors (Lipinski definition) is 1. The molecule has 0 amide bonds. The van der Waals surface area contributed by atoms with Gasteiger partial charge in [0.15, 0.2) is 0 Å². The number of hydrogen-bond acceptors (Lipinski definition) is 2. The van der Waals surface area contributed by atoms with Gasteiger partial charge in [-0.05, 0) is 48.7 Å². The molecular formula is C19H19FN2O2S. The lowest BCUT2D eigenvalue weighted by Gasteiger charge is -2.25. The van der Waals surface area contributed by atoms with Gasteiger partial charge in [0.2, 0.25) is 10.0 Å². The largest absolute Gasteiger partial charge is 0.360 e. The number of benzene rings is 2. The molecule has 3 aromatic rings. The van der Waals surface area contributed by atoms with E-state index in [1.54, 1.807) is 22.5 Å². The van der Waals surface area contributed by atoms with Crippen molar-refractivity contribution in [3.63, 3.8) is 0 Å². The van der Waals surface area contributed by atoms with Gasteiger partial charge in [0, 0.05) is 35.8 Å². The Hall–Kier alpha value is -2.18. The Bertz CT molecular complexity index is 1000. The lowest BCUT2D eigenvalue weighted by atomic mass is 10.1. The Kier molecular flexibility index (Phi) is 4.09. The normalized spacial score (nSPS) is 16.4. The van der Waals surface area contributed by atoms with Crippen molar-refractivity contribution >= 4 is 20.9 Å². The number of halogens is 1. The van der Waals surface area contributed by atoms with E-state index in [1.165, 1.54) is 12.1 Å². The van der Waals surface area contributed by atoms with Crippen LogP contribution in [0.4, 0.5) is 4.39 Å². The summed E-state index contributed by atoms with van der Waals surface area (Å²) >= 11 is 0. The molecule has 2 heterocycles. The van der Waals surface area contributed by atoms with E-state index < -0.39 is 10.0 Å². The Morgan fingerprint density at radius 3 is 2.40 bits per heavy atom. The molecular weight excluding hydrogens is 339 g/mol. The first kappa shape index (κ1) is 16.3. The highest BCUT2D eigenvalue weighted by molar-refractivity contribution is 7.89. The van der Waals surface area contributed by atoms with E-state index >= 15 is 0 Å². The average molecular weight is 358 g/mol. The van der Waals surface area contributed by atoms with Crippen LogP contribution in [0.1, 0.15) is 19.3 Å². The highest BCUT2D eigenvalue weighted by Gasteiger charge is 2.25. The van der Waals surface area contributed by atoms with E-state index in [0.717, 1.165) is 41.3 Å². The molecule has 25 heavy (non-hydrogen) atoms. The molecule has 1 saturated heterocycles. The Balaban J connectivity index is 1.67. The number of nitrogens with zero attached hydrogens (tertiary/aromatic N) is 1. The second kappa shape index (κ2) is 6.28. The first-order valence-electron chi connectivity index (χ1n) is 8.43. The summed E-state index contributed by atoms with van der Waals surface area (Å²) < 4.78 is 40.3. The molecule has 1 N–H and O–H groups in total. The van der Waals surface area contributed by atoms with Crippen molar-refractivity contribution in [1.29, 1.82) is 0 Å². The van der Waals surface area contributed by atoms with E-state index in [-0.39, 0.29) is 5.82 Å². The van der Waals surface area contributed by atoms with Crippen molar-refractivity contribution in [2.75, 3.05) is 13.1 Å². The summed E-state index contributed by atoms with van der Waals surface area (Å²) in [5.41, 5.74) is 2.55. The van der Waals surface area contributed by atoms with Crippen molar-refractivity contribution < 1.29 is 12.8 Å². The number of aromatic amines is 1. The number of rotatable bonds is 3. The molecule has 6 heteroatoms. The van der Waals surface area contributed by atoms with Crippen molar-refractivity contribution in [2.24, 2.45) is 0 Å². The second-order valence-corrected chi connectivity index (χ2v) is 8.32. The van der Waals surface area contributed by atoms with Crippen LogP contribution in [0.15, 0.2) is 53.6 Å². The maximum absolute atomic E-state index is 13.3. The SMILES string of the molecule is O=S(=O)(c1ccc(-c2c[nH]c3cc(F)ccc23)cc1)N1CCCCC1. The molecule has 4 rings (SSSR count). The van der Waals surface area contributed by atoms with Gasteiger partial charge in [-0.1, -0.05) is 18.6 Å². The smallest absolute Gasteiger partial charge is 0.243 e. The first-order chi connectivity index (χ1) is 12.1. The van der Waals surface area contributed by atoms with Crippen LogP contribution in [0.5, 0.6) is 0 Å². The summed E-state index contributed by atoms with van der Waals surface area (Å²) in [4.78, 5) is 3.38. The molecule has 0 bridgehead atoms. The zero-order valence-corrected chi connectivity index (χ0v) is 14.5. The summed E-state index contributed by atoms with van der Waals surface area (Å²) in [6.45, 7) is 1.19. The van der Waals surface area contributed by atoms with Gasteiger partial charge in [0.1, 0.15) is 5.82 Å². The van der Waals surface area contributed by atoms with E-state index in [0.29, 0.717) is 18.0 Å². The van der Waals surface area contributed by atoms with Crippen LogP contribution < -0.4 is 0 Å². The summed E-state index contributed by atoms with van der Waals surface area (Å²) in [5, 5.41) is 0.910. The summed E-state index contributed by atoms with van der Waals surface area (Å²) in [6, 6.07) is 11.5. The molecule has 4 nitrogen and oxygen atoms in total. The molecule has 0 atom stereocenters. The van der Waals surface area contributed by atoms with Crippen LogP contribution >= 0.6 is 0 Å². The minimum absolute atomic E-state index is 0.288. The monoisotopic (exact) mass is 358 g/mol. The second-order valence-electron chi connectivity index (χ2n) is 6.38. The van der Waals surface area contributed by atoms with E-state index in [4.69, 9.17) is 0 Å². The summed E-state index contributed by atoms with van der Waals surface area (Å²) in [7, 11) is -3.42. The number of fused-ring (bicyclic) bond motifs is 1. The number of H-pyrrole nitrogens is 1. The Morgan fingerprint density at radius 1 is 0.960 bits per heavy atom. The lowest BCUT2D eigenvalue weighted by molar-refractivity contribution is 0.346. The van der Waals surface area contributed by atoms with E-state index in [2.05, 4.69) is 4.98 Å². The minimum atomic E-state index is -3.42. The number of sulfonamides is 1. The highest BCUT2D eigenvalue weighted by Crippen LogP contribution is 2.30. The molecule has 1 aliphatic rings. The molecule has 0 spiro atoms. The molecule has 0 aliphatic carbocycles. The number of nitrogens with one attached hydrogen (secondary N) is 1. The molecule has 0 saturated carbocycles. The molecule has 130 valence electrons. The predicted octanol–water partition coefficient (Wildman–Crippen LogP) is 4.15. The Labute approximate surface area is 146 Å². The quantitative estimate of drug-likeness (QED) is 0.765. The third-order valence-corrected chi connectivity index (χ3v) is 6.67. The van der Waals surface area contributed by atoms with E-state index in [1.807, 2.05) is 18.3 Å². The van der Waals surface area contributed by atoms with Crippen LogP contribution in [0.3, 0.4) is 0 Å². The van der Waals surface area contributed by atoms with Gasteiger partial charge >= 0.3 is 0 Å². The maximum Gasteiger partial charge on any atom is 0.243 e. The predicted molar refractivity (Wildman–Crippen MR) is 96.3 cm³/mol. The zero-order chi connectivity index (χ0) is 17.4. The van der Waals surface area contributed by atoms with Gasteiger partial charge in [0.25, 0.3) is 0 Å². The third-order valence-electron chi connectivity index (χ3n) is 4.76. The molecule has 2 aromatic carbocycles. The van der Waals surface area contributed by atoms with Crippen LogP contribution in [-0.2, 0) is 10.0 Å². The van der Waals surface area contributed by atoms with Gasteiger partial charge in [-0.15, -0.1) is 0 Å². The van der Waals surface area contributed by atoms with Crippen LogP contribution in [0, 0.1) is 5.82 Å². The third kappa shape index (κ3) is 2.96. The number of piperidine rings is 1. The standard InChI is InChI=1S/C19H19FN2O2S/c20-15-6-9-17-18(13-21-19(17)12-15)14-4-7-16(8-5-14)25(23,24)22-10-2-1-3-11-22/h4-9,12-13,21H,1-3,10-11H2. The van der Waals surface area contributed by atoms with Gasteiger partial charge in [-0.2, -0.15) is 4.31 Å². The van der Waals surface area contributed by atoms with Gasteiger partial charge < -0.3 is 4.98 Å². The highest BCUT2D eigenvalue weighted by atomic mass is 32.2. The molecule has 0 unspecified atom stereocenters. The zero-order valence-electron chi connectivity index (χ0n) is 13.7. The Morgan fingerprint density at radius 2 is 1.68 bits per heavy atom. The topological polar surface area (TPSA) is 53.2 Å². The van der Waals surface area contributed by atoms with Crippen molar-refractivity contribution in [1.82, 2.24) is 9.29 Å². The number of aromatic nitrogens is 1. The first-order valence-corrected chi connectivity index (χ1v) is 9.87. The average Bonchev–Trinajstić information content (AvgIpc) is 3.05. The van der Waals surface area contributed by atoms with Crippen LogP contribution in [-0.4, -0.2) is 30.8 Å². The van der Waals surface area contributed by atoms with Crippen LogP contribution in [0.2, 0.25) is 0 Å². The van der Waals surface area contributed by atoms with Crippen molar-refractivity contribution in [3.8, 4) is 11.1 Å². The van der Waals surface area contributed by atoms with Gasteiger partial charge in [-0.25, -0.2) is 12.8 Å². The molecule has 1 fully saturated rings. The summed E-state index contributed by atoms with van der Waals surface area (Å²) in [6.07, 6.45) is 4.75. The fourth-order valence-corrected chi connectivity index (χ4v) is 4.92. The minimum Gasteiger partial charge on any atom is -0.360 e. The fourth-order valence-electron chi connectivity index (χ4n) is 3.40. The molecule has 1 aromatic heterocycles. The van der Waals surface area contributed by atoms with Gasteiger partial charge in [0.05, 0.1) is 4.90 Å². The van der Waals surface area contributed by atoms with Crippen LogP contribution in [0.25, 0.3) is 22.0 Å². The fraction of sp³-hybridized carbons (Fsp3) is 0.263. The molecule has 1 aliphatic heterocycles. The van der Waals surface area contributed by atoms with Gasteiger partial charge in [-0.3, -0.25) is 0 Å². The van der Waals surface area contributed by atoms with Crippen molar-refractivity contribution in [2.45, 2.75) is 24.2 Å². The lowest BCUT2D eigenvalue weighted by Crippen LogP contribution is -2.35. The van der Waals surface area contributed by atoms with E-state index in [9.17, 15) is 12.8 Å². The summed E-state index contributed by atoms with van der Waals surface area (Å²) in [5.74, 6) is -0.288. The molecule has 0 radical (unpaired) electrons. The van der Waals surface area contributed by atoms with Crippen molar-refractivity contribution in [3.05, 3.63) is 54.5 Å². The maximum atomic E-state index is 13.3.